The molecule has 42 heavy (non-hydrogen) atoms. The third-order valence-electron chi connectivity index (χ3n) is 10.5. The summed E-state index contributed by atoms with van der Waals surface area (Å²) in [7, 11) is 2.07. The SMILES string of the molecule is C[C@@H]1CC(=O)[C@@]2(C)CC[C@@H]3c4ccc(O)cc4C[C@@H](CCCCCN(C)CCCSCCCC(F)(F)C(F)(F)F)[C@H]3[C@H]12. The standard InChI is InChI=1S/C33H48F5NO2S/c1-22-19-28(41)31(2)14-12-27-26-11-10-25(40)21-24(26)20-23(29(27)30(22)31)9-5-4-6-15-39(3)16-8-18-42-17-7-13-32(34,35)33(36,37)38/h10-11,21-23,27,29-30,40H,4-9,12-20H2,1-3H3/t22-,23-,27-,29-,30+,31-/m1/s1. The number of nitrogens with zero attached hydrogens (tertiary/aromatic N) is 1. The van der Waals surface area contributed by atoms with Gasteiger partial charge in [0, 0.05) is 18.3 Å². The highest BCUT2D eigenvalue weighted by molar-refractivity contribution is 7.99. The molecule has 2 saturated carbocycles. The van der Waals surface area contributed by atoms with Crippen LogP contribution in [0.1, 0.15) is 95.1 Å². The van der Waals surface area contributed by atoms with E-state index in [0.29, 0.717) is 53.3 Å². The number of Topliss-reactive ketones (excluding diaryl/α,β-unsaturated/α-hetero) is 1. The minimum absolute atomic E-state index is 0.141. The molecule has 0 radical (unpaired) electrons. The highest BCUT2D eigenvalue weighted by atomic mass is 32.2. The molecule has 3 aliphatic rings. The van der Waals surface area contributed by atoms with Gasteiger partial charge in [-0.2, -0.15) is 33.7 Å². The fraction of sp³-hybridized carbons (Fsp3) is 0.788. The van der Waals surface area contributed by atoms with Gasteiger partial charge in [-0.1, -0.05) is 32.8 Å². The second-order valence-electron chi connectivity index (χ2n) is 13.5. The molecule has 3 nitrogen and oxygen atoms in total. The third-order valence-corrected chi connectivity index (χ3v) is 11.7. The van der Waals surface area contributed by atoms with Crippen LogP contribution < -0.4 is 0 Å². The number of alkyl halides is 5. The lowest BCUT2D eigenvalue weighted by Crippen LogP contribution is -2.47. The molecular weight excluding hydrogens is 569 g/mol. The second-order valence-corrected chi connectivity index (χ2v) is 14.8. The number of aromatic hydroxyl groups is 1. The number of hydrogen-bond donors (Lipinski definition) is 1. The van der Waals surface area contributed by atoms with Gasteiger partial charge >= 0.3 is 12.1 Å². The Kier molecular flexibility index (Phi) is 11.0. The topological polar surface area (TPSA) is 40.5 Å². The first kappa shape index (κ1) is 33.5. The van der Waals surface area contributed by atoms with E-state index < -0.39 is 18.5 Å². The molecule has 0 saturated heterocycles. The fourth-order valence-corrected chi connectivity index (χ4v) is 9.34. The normalized spacial score (nSPS) is 29.5. The minimum Gasteiger partial charge on any atom is -0.508 e. The van der Waals surface area contributed by atoms with Crippen molar-refractivity contribution in [2.75, 3.05) is 31.6 Å². The van der Waals surface area contributed by atoms with Crippen LogP contribution in [0.3, 0.4) is 0 Å². The maximum Gasteiger partial charge on any atom is 0.453 e. The van der Waals surface area contributed by atoms with Crippen LogP contribution in [-0.2, 0) is 11.2 Å². The van der Waals surface area contributed by atoms with Crippen molar-refractivity contribution in [1.29, 1.82) is 0 Å². The van der Waals surface area contributed by atoms with Crippen molar-refractivity contribution in [3.63, 3.8) is 0 Å². The van der Waals surface area contributed by atoms with E-state index >= 15 is 0 Å². The minimum atomic E-state index is -5.46. The smallest absolute Gasteiger partial charge is 0.453 e. The number of carbonyl (C=O) groups excluding carboxylic acids is 1. The molecular formula is C33H48F5NO2S. The molecule has 0 unspecified atom stereocenters. The van der Waals surface area contributed by atoms with Crippen molar-refractivity contribution in [2.45, 2.75) is 102 Å². The average Bonchev–Trinajstić information content (AvgIpc) is 3.14. The number of rotatable bonds is 14. The Morgan fingerprint density at radius 1 is 1.02 bits per heavy atom. The summed E-state index contributed by atoms with van der Waals surface area (Å²) in [4.78, 5) is 15.4. The van der Waals surface area contributed by atoms with Gasteiger partial charge in [0.2, 0.25) is 0 Å². The van der Waals surface area contributed by atoms with E-state index in [-0.39, 0.29) is 11.8 Å². The number of fused-ring (bicyclic) bond motifs is 5. The van der Waals surface area contributed by atoms with Crippen LogP contribution in [0.15, 0.2) is 18.2 Å². The van der Waals surface area contributed by atoms with Gasteiger partial charge in [-0.15, -0.1) is 0 Å². The number of halogens is 5. The Labute approximate surface area is 252 Å². The van der Waals surface area contributed by atoms with Crippen molar-refractivity contribution in [2.24, 2.45) is 29.1 Å². The number of carbonyl (C=O) groups is 1. The maximum atomic E-state index is 13.1. The van der Waals surface area contributed by atoms with Crippen molar-refractivity contribution >= 4 is 17.5 Å². The monoisotopic (exact) mass is 617 g/mol. The molecule has 3 aliphatic carbocycles. The van der Waals surface area contributed by atoms with Crippen LogP contribution in [0, 0.1) is 29.1 Å². The molecule has 0 spiro atoms. The van der Waals surface area contributed by atoms with Crippen molar-refractivity contribution < 1.29 is 31.9 Å². The summed E-state index contributed by atoms with van der Waals surface area (Å²) < 4.78 is 62.7. The molecule has 0 aromatic heterocycles. The van der Waals surface area contributed by atoms with Crippen molar-refractivity contribution in [3.8, 4) is 5.75 Å². The van der Waals surface area contributed by atoms with Gasteiger partial charge in [0.25, 0.3) is 0 Å². The van der Waals surface area contributed by atoms with Gasteiger partial charge in [0.05, 0.1) is 0 Å². The van der Waals surface area contributed by atoms with Crippen LogP contribution in [-0.4, -0.2) is 59.5 Å². The molecule has 1 aromatic rings. The zero-order valence-electron chi connectivity index (χ0n) is 25.3. The van der Waals surface area contributed by atoms with Crippen LogP contribution in [0.2, 0.25) is 0 Å². The molecule has 0 aliphatic heterocycles. The Hall–Kier alpha value is -1.35. The maximum absolute atomic E-state index is 13.1. The van der Waals surface area contributed by atoms with Gasteiger partial charge in [-0.05, 0) is 129 Å². The molecule has 238 valence electrons. The fourth-order valence-electron chi connectivity index (χ4n) is 8.46. The zero-order valence-corrected chi connectivity index (χ0v) is 26.1. The van der Waals surface area contributed by atoms with Gasteiger partial charge in [-0.25, -0.2) is 0 Å². The van der Waals surface area contributed by atoms with E-state index in [1.807, 2.05) is 12.1 Å². The summed E-state index contributed by atoms with van der Waals surface area (Å²) in [5.74, 6) is -0.375. The summed E-state index contributed by atoms with van der Waals surface area (Å²) in [5, 5.41) is 10.2. The molecule has 0 bridgehead atoms. The average molecular weight is 618 g/mol. The van der Waals surface area contributed by atoms with E-state index in [1.165, 1.54) is 22.9 Å². The summed E-state index contributed by atoms with van der Waals surface area (Å²) in [6.45, 7) is 6.36. The number of phenolic OH excluding ortho intramolecular Hbond substituents is 1. The van der Waals surface area contributed by atoms with E-state index in [4.69, 9.17) is 0 Å². The Morgan fingerprint density at radius 3 is 2.48 bits per heavy atom. The van der Waals surface area contributed by atoms with Crippen molar-refractivity contribution in [3.05, 3.63) is 29.3 Å². The Balaban J connectivity index is 1.19. The quantitative estimate of drug-likeness (QED) is 0.167. The first-order valence-corrected chi connectivity index (χ1v) is 17.0. The molecule has 2 fully saturated rings. The van der Waals surface area contributed by atoms with Gasteiger partial charge in [-0.3, -0.25) is 4.79 Å². The summed E-state index contributed by atoms with van der Waals surface area (Å²) in [6, 6.07) is 5.91. The lowest BCUT2D eigenvalue weighted by Gasteiger charge is -2.53. The van der Waals surface area contributed by atoms with Crippen molar-refractivity contribution in [1.82, 2.24) is 4.90 Å². The third kappa shape index (κ3) is 7.47. The zero-order chi connectivity index (χ0) is 30.7. The first-order chi connectivity index (χ1) is 19.7. The second kappa shape index (κ2) is 13.7. The van der Waals surface area contributed by atoms with Crippen LogP contribution in [0.4, 0.5) is 22.0 Å². The largest absolute Gasteiger partial charge is 0.508 e. The van der Waals surface area contributed by atoms with E-state index in [2.05, 4.69) is 31.9 Å². The molecule has 0 amide bonds. The van der Waals surface area contributed by atoms with E-state index in [9.17, 15) is 31.9 Å². The molecule has 9 heteroatoms. The van der Waals surface area contributed by atoms with Crippen LogP contribution in [0.5, 0.6) is 5.75 Å². The Bertz CT molecular complexity index is 1070. The summed E-state index contributed by atoms with van der Waals surface area (Å²) in [5.41, 5.74) is 2.48. The van der Waals surface area contributed by atoms with Gasteiger partial charge < -0.3 is 10.0 Å². The summed E-state index contributed by atoms with van der Waals surface area (Å²) >= 11 is 1.44. The molecule has 6 atom stereocenters. The van der Waals surface area contributed by atoms with E-state index in [0.717, 1.165) is 70.2 Å². The predicted molar refractivity (Wildman–Crippen MR) is 159 cm³/mol. The lowest BCUT2D eigenvalue weighted by molar-refractivity contribution is -0.284. The molecule has 0 heterocycles. The summed E-state index contributed by atoms with van der Waals surface area (Å²) in [6.07, 6.45) is 2.33. The molecule has 4 rings (SSSR count). The van der Waals surface area contributed by atoms with E-state index in [1.54, 1.807) is 0 Å². The molecule has 1 N–H and O–H groups in total. The number of thioether (sulfide) groups is 1. The first-order valence-electron chi connectivity index (χ1n) is 15.8. The highest BCUT2D eigenvalue weighted by Gasteiger charge is 2.59. The number of phenols is 1. The lowest BCUT2D eigenvalue weighted by atomic mass is 9.51. The Morgan fingerprint density at radius 2 is 1.74 bits per heavy atom. The number of ketones is 1. The molecule has 1 aromatic carbocycles. The van der Waals surface area contributed by atoms with Gasteiger partial charge in [0.1, 0.15) is 11.5 Å². The van der Waals surface area contributed by atoms with Crippen LogP contribution >= 0.6 is 11.8 Å². The van der Waals surface area contributed by atoms with Gasteiger partial charge in [0.15, 0.2) is 0 Å². The highest BCUT2D eigenvalue weighted by Crippen LogP contribution is 2.63. The predicted octanol–water partition coefficient (Wildman–Crippen LogP) is 8.88. The number of unbranched alkanes of at least 4 members (excludes halogenated alkanes) is 2. The number of hydrogen-bond acceptors (Lipinski definition) is 4. The van der Waals surface area contributed by atoms with Crippen LogP contribution in [0.25, 0.3) is 0 Å². The number of benzene rings is 1.